The highest BCUT2D eigenvalue weighted by Crippen LogP contribution is 2.30. The van der Waals surface area contributed by atoms with Crippen molar-refractivity contribution in [2.75, 3.05) is 20.2 Å². The van der Waals surface area contributed by atoms with Crippen molar-refractivity contribution in [1.29, 1.82) is 0 Å². The minimum Gasteiger partial charge on any atom is -0.497 e. The lowest BCUT2D eigenvalue weighted by atomic mass is 9.94. The predicted molar refractivity (Wildman–Crippen MR) is 98.6 cm³/mol. The Hall–Kier alpha value is -2.30. The molecular formula is C21H26N2O3. The number of carbonyl (C=O) groups is 1. The highest BCUT2D eigenvalue weighted by Gasteiger charge is 2.30. The van der Waals surface area contributed by atoms with Crippen LogP contribution in [0.3, 0.4) is 0 Å². The van der Waals surface area contributed by atoms with Gasteiger partial charge in [0.05, 0.1) is 7.11 Å². The molecule has 1 fully saturated rings. The molecule has 5 heteroatoms. The first-order valence-electron chi connectivity index (χ1n) is 9.67. The van der Waals surface area contributed by atoms with E-state index in [1.165, 1.54) is 5.56 Å². The van der Waals surface area contributed by atoms with Crippen molar-refractivity contribution >= 4 is 5.91 Å². The Morgan fingerprint density at radius 1 is 1.15 bits per heavy atom. The van der Waals surface area contributed by atoms with E-state index in [9.17, 15) is 4.79 Å². The van der Waals surface area contributed by atoms with Crippen molar-refractivity contribution < 1.29 is 14.1 Å². The fraction of sp³-hybridized carbons (Fsp3) is 0.524. The number of likely N-dealkylation sites (tertiary alicyclic amines) is 1. The van der Waals surface area contributed by atoms with E-state index in [1.54, 1.807) is 7.11 Å². The van der Waals surface area contributed by atoms with Crippen LogP contribution < -0.4 is 4.74 Å². The van der Waals surface area contributed by atoms with Gasteiger partial charge in [0.25, 0.3) is 5.91 Å². The maximum atomic E-state index is 13.1. The number of rotatable bonds is 3. The summed E-state index contributed by atoms with van der Waals surface area (Å²) < 4.78 is 10.7. The van der Waals surface area contributed by atoms with Gasteiger partial charge < -0.3 is 14.2 Å². The molecule has 0 bridgehead atoms. The largest absolute Gasteiger partial charge is 0.497 e. The third-order valence-corrected chi connectivity index (χ3v) is 5.70. The van der Waals surface area contributed by atoms with Crippen LogP contribution in [0.15, 0.2) is 28.8 Å². The third-order valence-electron chi connectivity index (χ3n) is 5.70. The molecule has 0 radical (unpaired) electrons. The van der Waals surface area contributed by atoms with E-state index in [-0.39, 0.29) is 5.91 Å². The Morgan fingerprint density at radius 2 is 1.96 bits per heavy atom. The molecule has 1 saturated heterocycles. The van der Waals surface area contributed by atoms with Crippen LogP contribution in [-0.4, -0.2) is 36.2 Å². The zero-order valence-electron chi connectivity index (χ0n) is 15.4. The Morgan fingerprint density at radius 3 is 2.77 bits per heavy atom. The summed E-state index contributed by atoms with van der Waals surface area (Å²) in [4.78, 5) is 15.1. The average molecular weight is 354 g/mol. The predicted octanol–water partition coefficient (Wildman–Crippen LogP) is 3.97. The van der Waals surface area contributed by atoms with E-state index in [0.717, 1.165) is 75.1 Å². The first-order valence-corrected chi connectivity index (χ1v) is 9.67. The number of nitrogens with zero attached hydrogens (tertiary/aromatic N) is 2. The molecule has 2 heterocycles. The number of hydrogen-bond acceptors (Lipinski definition) is 4. The Labute approximate surface area is 154 Å². The first kappa shape index (κ1) is 17.1. The molecule has 1 aliphatic carbocycles. The van der Waals surface area contributed by atoms with Crippen LogP contribution in [0.1, 0.15) is 65.4 Å². The lowest BCUT2D eigenvalue weighted by molar-refractivity contribution is 0.0743. The normalized spacial score (nSPS) is 20.3. The minimum atomic E-state index is 0.0392. The number of methoxy groups -OCH3 is 1. The van der Waals surface area contributed by atoms with Crippen molar-refractivity contribution in [1.82, 2.24) is 10.1 Å². The molecule has 1 aromatic heterocycles. The molecular weight excluding hydrogens is 328 g/mol. The molecule has 1 amide bonds. The summed E-state index contributed by atoms with van der Waals surface area (Å²) in [6.45, 7) is 1.54. The van der Waals surface area contributed by atoms with E-state index in [1.807, 2.05) is 17.0 Å². The van der Waals surface area contributed by atoms with Crippen LogP contribution in [-0.2, 0) is 12.8 Å². The van der Waals surface area contributed by atoms with E-state index in [0.29, 0.717) is 11.6 Å². The second-order valence-corrected chi connectivity index (χ2v) is 7.36. The minimum absolute atomic E-state index is 0.0392. The van der Waals surface area contributed by atoms with Crippen molar-refractivity contribution in [2.24, 2.45) is 0 Å². The number of carbonyl (C=O) groups excluding carboxylic acids is 1. The van der Waals surface area contributed by atoms with Crippen LogP contribution in [0.2, 0.25) is 0 Å². The molecule has 1 aromatic carbocycles. The zero-order valence-corrected chi connectivity index (χ0v) is 15.4. The van der Waals surface area contributed by atoms with Gasteiger partial charge in [0, 0.05) is 31.0 Å². The standard InChI is InChI=1S/C21H26N2O3/c1-25-17-11-9-15(10-12-17)16-6-4-5-13-23(14-16)21(24)20-18-7-2-3-8-19(18)26-22-20/h9-12,16H,2-8,13-14H2,1H3. The number of ether oxygens (including phenoxy) is 1. The molecule has 1 unspecified atom stereocenters. The number of amides is 1. The molecule has 2 aromatic rings. The molecule has 2 aliphatic rings. The van der Waals surface area contributed by atoms with Gasteiger partial charge in [-0.2, -0.15) is 0 Å². The second-order valence-electron chi connectivity index (χ2n) is 7.36. The average Bonchev–Trinajstić information content (AvgIpc) is 2.96. The molecule has 4 rings (SSSR count). The van der Waals surface area contributed by atoms with Gasteiger partial charge in [-0.1, -0.05) is 23.7 Å². The maximum absolute atomic E-state index is 13.1. The number of aryl methyl sites for hydroxylation is 1. The lowest BCUT2D eigenvalue weighted by Crippen LogP contribution is -2.35. The fourth-order valence-electron chi connectivity index (χ4n) is 4.18. The fourth-order valence-corrected chi connectivity index (χ4v) is 4.18. The lowest BCUT2D eigenvalue weighted by Gasteiger charge is -2.24. The van der Waals surface area contributed by atoms with Crippen LogP contribution in [0.4, 0.5) is 0 Å². The van der Waals surface area contributed by atoms with Gasteiger partial charge in [-0.15, -0.1) is 0 Å². The molecule has 0 spiro atoms. The van der Waals surface area contributed by atoms with Crippen LogP contribution >= 0.6 is 0 Å². The maximum Gasteiger partial charge on any atom is 0.276 e. The van der Waals surface area contributed by atoms with Crippen LogP contribution in [0.25, 0.3) is 0 Å². The quantitative estimate of drug-likeness (QED) is 0.837. The van der Waals surface area contributed by atoms with Crippen molar-refractivity contribution in [2.45, 2.75) is 50.9 Å². The summed E-state index contributed by atoms with van der Waals surface area (Å²) in [6.07, 6.45) is 7.34. The van der Waals surface area contributed by atoms with Crippen molar-refractivity contribution in [3.8, 4) is 5.75 Å². The van der Waals surface area contributed by atoms with Gasteiger partial charge in [-0.25, -0.2) is 0 Å². The van der Waals surface area contributed by atoms with Gasteiger partial charge in [-0.05, 0) is 49.8 Å². The number of benzene rings is 1. The molecule has 138 valence electrons. The van der Waals surface area contributed by atoms with E-state index < -0.39 is 0 Å². The Kier molecular flexibility index (Phi) is 4.96. The molecule has 5 nitrogen and oxygen atoms in total. The SMILES string of the molecule is COc1ccc(C2CCCCN(C(=O)c3noc4c3CCCC4)C2)cc1. The van der Waals surface area contributed by atoms with Gasteiger partial charge in [0.1, 0.15) is 11.5 Å². The molecule has 0 saturated carbocycles. The first-order chi connectivity index (χ1) is 12.8. The zero-order chi connectivity index (χ0) is 17.9. The summed E-state index contributed by atoms with van der Waals surface area (Å²) in [5.74, 6) is 2.18. The molecule has 1 atom stereocenters. The summed E-state index contributed by atoms with van der Waals surface area (Å²) >= 11 is 0. The highest BCUT2D eigenvalue weighted by molar-refractivity contribution is 5.94. The van der Waals surface area contributed by atoms with E-state index >= 15 is 0 Å². The molecule has 26 heavy (non-hydrogen) atoms. The van der Waals surface area contributed by atoms with E-state index in [4.69, 9.17) is 9.26 Å². The van der Waals surface area contributed by atoms with Crippen molar-refractivity contribution in [3.05, 3.63) is 46.8 Å². The Balaban J connectivity index is 1.53. The number of hydrogen-bond donors (Lipinski definition) is 0. The van der Waals surface area contributed by atoms with Crippen LogP contribution in [0.5, 0.6) is 5.75 Å². The van der Waals surface area contributed by atoms with E-state index in [2.05, 4.69) is 17.3 Å². The monoisotopic (exact) mass is 354 g/mol. The van der Waals surface area contributed by atoms with Gasteiger partial charge >= 0.3 is 0 Å². The molecule has 0 N–H and O–H groups in total. The smallest absolute Gasteiger partial charge is 0.276 e. The number of aromatic nitrogens is 1. The van der Waals surface area contributed by atoms with Gasteiger partial charge in [0.15, 0.2) is 5.69 Å². The summed E-state index contributed by atoms with van der Waals surface area (Å²) in [7, 11) is 1.68. The highest BCUT2D eigenvalue weighted by atomic mass is 16.5. The van der Waals surface area contributed by atoms with Crippen LogP contribution in [0, 0.1) is 0 Å². The molecule has 1 aliphatic heterocycles. The number of fused-ring (bicyclic) bond motifs is 1. The van der Waals surface area contributed by atoms with Gasteiger partial charge in [-0.3, -0.25) is 4.79 Å². The summed E-state index contributed by atoms with van der Waals surface area (Å²) in [5, 5.41) is 4.14. The Bertz CT molecular complexity index is 766. The topological polar surface area (TPSA) is 55.6 Å². The summed E-state index contributed by atoms with van der Waals surface area (Å²) in [6, 6.07) is 8.24. The second kappa shape index (κ2) is 7.52. The third kappa shape index (κ3) is 3.35. The summed E-state index contributed by atoms with van der Waals surface area (Å²) in [5.41, 5.74) is 2.87. The van der Waals surface area contributed by atoms with Crippen molar-refractivity contribution in [3.63, 3.8) is 0 Å². The van der Waals surface area contributed by atoms with Gasteiger partial charge in [0.2, 0.25) is 0 Å².